The van der Waals surface area contributed by atoms with Gasteiger partial charge in [0.2, 0.25) is 0 Å². The molecule has 0 saturated carbocycles. The van der Waals surface area contributed by atoms with Crippen LogP contribution in [0.3, 0.4) is 0 Å². The zero-order chi connectivity index (χ0) is 14.6. The molecule has 0 radical (unpaired) electrons. The Morgan fingerprint density at radius 2 is 1.75 bits per heavy atom. The van der Waals surface area contributed by atoms with Crippen LogP contribution in [-0.4, -0.2) is 33.0 Å². The minimum Gasteiger partial charge on any atom is -0.491 e. The van der Waals surface area contributed by atoms with Crippen molar-refractivity contribution in [1.82, 2.24) is 0 Å². The first-order chi connectivity index (χ1) is 9.39. The smallest absolute Gasteiger partial charge is 0.119 e. The van der Waals surface area contributed by atoms with Crippen LogP contribution in [0.5, 0.6) is 5.75 Å². The van der Waals surface area contributed by atoms with Crippen LogP contribution in [0.25, 0.3) is 0 Å². The fourth-order valence-electron chi connectivity index (χ4n) is 2.12. The normalized spacial score (nSPS) is 17.6. The van der Waals surface area contributed by atoms with Gasteiger partial charge in [-0.05, 0) is 23.1 Å². The average Bonchev–Trinajstić information content (AvgIpc) is 2.36. The van der Waals surface area contributed by atoms with Gasteiger partial charge < -0.3 is 14.2 Å². The predicted molar refractivity (Wildman–Crippen MR) is 80.4 cm³/mol. The van der Waals surface area contributed by atoms with Crippen molar-refractivity contribution in [3.05, 3.63) is 29.8 Å². The van der Waals surface area contributed by atoms with E-state index in [4.69, 9.17) is 14.2 Å². The average molecular weight is 278 g/mol. The highest BCUT2D eigenvalue weighted by molar-refractivity contribution is 5.31. The van der Waals surface area contributed by atoms with Gasteiger partial charge in [-0.2, -0.15) is 0 Å². The highest BCUT2D eigenvalue weighted by Gasteiger charge is 2.33. The molecule has 112 valence electrons. The molecular weight excluding hydrogens is 252 g/mol. The summed E-state index contributed by atoms with van der Waals surface area (Å²) in [4.78, 5) is 0. The zero-order valence-corrected chi connectivity index (χ0v) is 13.1. The van der Waals surface area contributed by atoms with E-state index >= 15 is 0 Å². The lowest BCUT2D eigenvalue weighted by atomic mass is 9.87. The molecule has 1 aromatic rings. The molecule has 0 unspecified atom stereocenters. The lowest BCUT2D eigenvalue weighted by Gasteiger charge is -2.37. The van der Waals surface area contributed by atoms with Crippen LogP contribution in [-0.2, 0) is 14.9 Å². The number of rotatable bonds is 6. The third kappa shape index (κ3) is 4.22. The third-order valence-electron chi connectivity index (χ3n) is 3.57. The summed E-state index contributed by atoms with van der Waals surface area (Å²) < 4.78 is 16.5. The lowest BCUT2D eigenvalue weighted by Crippen LogP contribution is -2.43. The summed E-state index contributed by atoms with van der Waals surface area (Å²) >= 11 is 0. The van der Waals surface area contributed by atoms with Crippen molar-refractivity contribution in [3.63, 3.8) is 0 Å². The highest BCUT2D eigenvalue weighted by atomic mass is 16.5. The number of benzene rings is 1. The molecule has 3 heteroatoms. The van der Waals surface area contributed by atoms with E-state index in [0.29, 0.717) is 13.2 Å². The van der Waals surface area contributed by atoms with E-state index in [2.05, 4.69) is 39.8 Å². The fourth-order valence-corrected chi connectivity index (χ4v) is 2.12. The molecule has 0 amide bonds. The quantitative estimate of drug-likeness (QED) is 0.746. The number of ether oxygens (including phenoxy) is 3. The van der Waals surface area contributed by atoms with Crippen molar-refractivity contribution in [2.75, 3.05) is 33.0 Å². The molecule has 0 N–H and O–H groups in total. The van der Waals surface area contributed by atoms with Crippen LogP contribution < -0.4 is 4.74 Å². The molecule has 1 fully saturated rings. The SMILES string of the molecule is CC1(COCCOc2ccc(C(C)(C)C)cc2)COC1. The van der Waals surface area contributed by atoms with Gasteiger partial charge in [-0.15, -0.1) is 0 Å². The molecule has 0 aromatic heterocycles. The van der Waals surface area contributed by atoms with Gasteiger partial charge in [-0.1, -0.05) is 39.8 Å². The first kappa shape index (κ1) is 15.3. The molecule has 20 heavy (non-hydrogen) atoms. The van der Waals surface area contributed by atoms with Gasteiger partial charge in [0, 0.05) is 5.41 Å². The molecule has 0 bridgehead atoms. The summed E-state index contributed by atoms with van der Waals surface area (Å²) in [5.41, 5.74) is 1.72. The van der Waals surface area contributed by atoms with Crippen LogP contribution in [0.15, 0.2) is 24.3 Å². The van der Waals surface area contributed by atoms with Crippen LogP contribution in [0.1, 0.15) is 33.3 Å². The Balaban J connectivity index is 1.66. The second kappa shape index (κ2) is 6.15. The van der Waals surface area contributed by atoms with Gasteiger partial charge >= 0.3 is 0 Å². The van der Waals surface area contributed by atoms with Crippen molar-refractivity contribution in [3.8, 4) is 5.75 Å². The molecule has 0 atom stereocenters. The maximum absolute atomic E-state index is 5.68. The zero-order valence-electron chi connectivity index (χ0n) is 13.1. The molecule has 1 aromatic carbocycles. The molecular formula is C17H26O3. The molecule has 0 spiro atoms. The summed E-state index contributed by atoms with van der Waals surface area (Å²) in [7, 11) is 0. The summed E-state index contributed by atoms with van der Waals surface area (Å²) in [6.07, 6.45) is 0. The van der Waals surface area contributed by atoms with Gasteiger partial charge in [-0.3, -0.25) is 0 Å². The minimum absolute atomic E-state index is 0.182. The van der Waals surface area contributed by atoms with Gasteiger partial charge in [-0.25, -0.2) is 0 Å². The standard InChI is InChI=1S/C17H26O3/c1-16(2,3)14-5-7-15(8-6-14)20-10-9-18-11-17(4)12-19-13-17/h5-8H,9-13H2,1-4H3. The van der Waals surface area contributed by atoms with E-state index in [1.165, 1.54) is 5.56 Å². The van der Waals surface area contributed by atoms with Crippen molar-refractivity contribution in [1.29, 1.82) is 0 Å². The van der Waals surface area contributed by atoms with Crippen LogP contribution in [0.2, 0.25) is 0 Å². The van der Waals surface area contributed by atoms with Gasteiger partial charge in [0.05, 0.1) is 26.4 Å². The Hall–Kier alpha value is -1.06. The summed E-state index contributed by atoms with van der Waals surface area (Å²) in [6, 6.07) is 8.31. The number of hydrogen-bond donors (Lipinski definition) is 0. The Labute approximate surface area is 122 Å². The second-order valence-corrected chi connectivity index (χ2v) is 6.98. The van der Waals surface area contributed by atoms with E-state index in [0.717, 1.165) is 25.6 Å². The molecule has 1 saturated heterocycles. The maximum atomic E-state index is 5.68. The first-order valence-corrected chi connectivity index (χ1v) is 7.28. The van der Waals surface area contributed by atoms with E-state index in [1.54, 1.807) is 0 Å². The highest BCUT2D eigenvalue weighted by Crippen LogP contribution is 2.26. The van der Waals surface area contributed by atoms with E-state index in [9.17, 15) is 0 Å². The Morgan fingerprint density at radius 3 is 2.25 bits per heavy atom. The third-order valence-corrected chi connectivity index (χ3v) is 3.57. The lowest BCUT2D eigenvalue weighted by molar-refractivity contribution is -0.139. The molecule has 2 rings (SSSR count). The van der Waals surface area contributed by atoms with E-state index in [-0.39, 0.29) is 10.8 Å². The van der Waals surface area contributed by atoms with Crippen LogP contribution >= 0.6 is 0 Å². The Bertz CT molecular complexity index is 413. The maximum Gasteiger partial charge on any atom is 0.119 e. The van der Waals surface area contributed by atoms with Crippen LogP contribution in [0.4, 0.5) is 0 Å². The van der Waals surface area contributed by atoms with Gasteiger partial charge in [0.25, 0.3) is 0 Å². The Morgan fingerprint density at radius 1 is 1.10 bits per heavy atom. The minimum atomic E-state index is 0.182. The molecule has 0 aliphatic carbocycles. The summed E-state index contributed by atoms with van der Waals surface area (Å²) in [5.74, 6) is 0.903. The molecule has 3 nitrogen and oxygen atoms in total. The molecule has 1 aliphatic heterocycles. The number of hydrogen-bond acceptors (Lipinski definition) is 3. The van der Waals surface area contributed by atoms with Crippen molar-refractivity contribution >= 4 is 0 Å². The van der Waals surface area contributed by atoms with Crippen molar-refractivity contribution < 1.29 is 14.2 Å². The van der Waals surface area contributed by atoms with Gasteiger partial charge in [0.1, 0.15) is 12.4 Å². The Kier molecular flexibility index (Phi) is 4.71. The molecule has 1 aliphatic rings. The van der Waals surface area contributed by atoms with Crippen LogP contribution in [0, 0.1) is 5.41 Å². The predicted octanol–water partition coefficient (Wildman–Crippen LogP) is 3.42. The monoisotopic (exact) mass is 278 g/mol. The summed E-state index contributed by atoms with van der Waals surface area (Å²) in [6.45, 7) is 12.4. The van der Waals surface area contributed by atoms with Crippen molar-refractivity contribution in [2.24, 2.45) is 5.41 Å². The largest absolute Gasteiger partial charge is 0.491 e. The summed E-state index contributed by atoms with van der Waals surface area (Å²) in [5, 5.41) is 0. The second-order valence-electron chi connectivity index (χ2n) is 6.98. The fraction of sp³-hybridized carbons (Fsp3) is 0.647. The molecule has 1 heterocycles. The van der Waals surface area contributed by atoms with Crippen molar-refractivity contribution in [2.45, 2.75) is 33.1 Å². The van der Waals surface area contributed by atoms with E-state index in [1.807, 2.05) is 12.1 Å². The van der Waals surface area contributed by atoms with E-state index < -0.39 is 0 Å². The first-order valence-electron chi connectivity index (χ1n) is 7.28. The van der Waals surface area contributed by atoms with Gasteiger partial charge in [0.15, 0.2) is 0 Å². The topological polar surface area (TPSA) is 27.7 Å².